The van der Waals surface area contributed by atoms with Gasteiger partial charge in [0.05, 0.1) is 16.8 Å². The van der Waals surface area contributed by atoms with Gasteiger partial charge in [-0.05, 0) is 49.2 Å². The Labute approximate surface area is 277 Å². The lowest BCUT2D eigenvalue weighted by molar-refractivity contribution is 0.0470. The van der Waals surface area contributed by atoms with Crippen molar-refractivity contribution in [3.8, 4) is 11.1 Å². The lowest BCUT2D eigenvalue weighted by Crippen LogP contribution is -2.35. The Morgan fingerprint density at radius 1 is 1.17 bits per heavy atom. The predicted octanol–water partition coefficient (Wildman–Crippen LogP) is 6.16. The van der Waals surface area contributed by atoms with Crippen LogP contribution in [0, 0.1) is 11.7 Å². The summed E-state index contributed by atoms with van der Waals surface area (Å²) in [7, 11) is 3.66. The standard InChI is InChI=1S/C36H34F2N6O3.CH4/c1-21(37)15-28(39-2)32-31(38)30-33(43-14-13-24-17-42(3)19-29(24)43)27(16-40-34(30)41-32)23-9-10-25-11-12-26(35(45)44(25)18-23)36(46)47-20-22-7-5-4-6-8-22;/h4-12,15-16,18,24,29,39H,1,13-14,17,19-20H2,2-3H3,(H,40,41);1H4/b28-15+;/t24-,29?;/m0./s1. The minimum Gasteiger partial charge on any atom is -0.457 e. The van der Waals surface area contributed by atoms with E-state index in [4.69, 9.17) is 4.74 Å². The normalized spacial score (nSPS) is 17.8. The number of halogens is 2. The molecule has 1 aromatic carbocycles. The summed E-state index contributed by atoms with van der Waals surface area (Å²) >= 11 is 0. The second-order valence-electron chi connectivity index (χ2n) is 12.2. The summed E-state index contributed by atoms with van der Waals surface area (Å²) in [4.78, 5) is 38.8. The Bertz CT molecular complexity index is 2120. The van der Waals surface area contributed by atoms with Crippen LogP contribution in [0.15, 0.2) is 90.3 Å². The Hall–Kier alpha value is -5.29. The minimum atomic E-state index is -0.720. The molecule has 9 nitrogen and oxygen atoms in total. The number of benzene rings is 1. The molecule has 0 radical (unpaired) electrons. The van der Waals surface area contributed by atoms with Gasteiger partial charge in [0.2, 0.25) is 0 Å². The number of allylic oxidation sites excluding steroid dienone is 2. The van der Waals surface area contributed by atoms with Crippen molar-refractivity contribution in [1.29, 1.82) is 0 Å². The number of likely N-dealkylation sites (N-methyl/N-ethyl adjacent to an activating group) is 1. The largest absolute Gasteiger partial charge is 0.457 e. The summed E-state index contributed by atoms with van der Waals surface area (Å²) in [5.74, 6) is -1.59. The number of nitrogens with zero attached hydrogens (tertiary/aromatic N) is 4. The number of H-pyrrole nitrogens is 1. The summed E-state index contributed by atoms with van der Waals surface area (Å²) in [6.07, 6.45) is 5.41. The van der Waals surface area contributed by atoms with Crippen LogP contribution < -0.4 is 15.8 Å². The highest BCUT2D eigenvalue weighted by atomic mass is 19.1. The number of ether oxygens (including phenoxy) is 1. The van der Waals surface area contributed by atoms with Crippen molar-refractivity contribution in [3.63, 3.8) is 0 Å². The molecule has 0 spiro atoms. The molecule has 2 N–H and O–H groups in total. The number of hydrogen-bond acceptors (Lipinski definition) is 7. The zero-order valence-corrected chi connectivity index (χ0v) is 26.1. The van der Waals surface area contributed by atoms with Gasteiger partial charge < -0.3 is 24.8 Å². The molecule has 2 saturated heterocycles. The second kappa shape index (κ2) is 13.1. The van der Waals surface area contributed by atoms with Crippen molar-refractivity contribution in [2.45, 2.75) is 26.5 Å². The number of esters is 1. The van der Waals surface area contributed by atoms with Crippen LogP contribution in [0.5, 0.6) is 0 Å². The highest BCUT2D eigenvalue weighted by Gasteiger charge is 2.42. The van der Waals surface area contributed by atoms with E-state index in [1.165, 1.54) is 10.5 Å². The summed E-state index contributed by atoms with van der Waals surface area (Å²) in [6, 6.07) is 16.2. The number of fused-ring (bicyclic) bond motifs is 3. The van der Waals surface area contributed by atoms with Gasteiger partial charge >= 0.3 is 5.97 Å². The third-order valence-electron chi connectivity index (χ3n) is 9.18. The van der Waals surface area contributed by atoms with Crippen LogP contribution in [0.4, 0.5) is 14.5 Å². The number of rotatable bonds is 8. The average Bonchev–Trinajstić information content (AvgIpc) is 3.74. The molecule has 5 aromatic rings. The van der Waals surface area contributed by atoms with E-state index in [0.29, 0.717) is 33.9 Å². The Morgan fingerprint density at radius 3 is 2.69 bits per heavy atom. The zero-order chi connectivity index (χ0) is 32.8. The van der Waals surface area contributed by atoms with Gasteiger partial charge in [-0.1, -0.05) is 50.4 Å². The number of aromatic nitrogens is 3. The molecule has 0 saturated carbocycles. The summed E-state index contributed by atoms with van der Waals surface area (Å²) < 4.78 is 37.2. The molecule has 11 heteroatoms. The van der Waals surface area contributed by atoms with Crippen molar-refractivity contribution >= 4 is 33.9 Å². The minimum absolute atomic E-state index is 0. The number of anilines is 1. The van der Waals surface area contributed by atoms with Gasteiger partial charge in [-0.3, -0.25) is 9.20 Å². The lowest BCUT2D eigenvalue weighted by atomic mass is 10.0. The third-order valence-corrected chi connectivity index (χ3v) is 9.18. The van der Waals surface area contributed by atoms with Crippen LogP contribution in [-0.2, 0) is 11.3 Å². The maximum absolute atomic E-state index is 16.6. The van der Waals surface area contributed by atoms with Crippen molar-refractivity contribution in [1.82, 2.24) is 24.6 Å². The van der Waals surface area contributed by atoms with Crippen LogP contribution >= 0.6 is 0 Å². The number of carbonyl (C=O) groups excluding carboxylic acids is 1. The third kappa shape index (κ3) is 5.74. The number of hydrogen-bond donors (Lipinski definition) is 2. The van der Waals surface area contributed by atoms with Gasteiger partial charge in [0.15, 0.2) is 5.82 Å². The van der Waals surface area contributed by atoms with Crippen LogP contribution in [0.2, 0.25) is 0 Å². The van der Waals surface area contributed by atoms with E-state index in [1.807, 2.05) is 36.4 Å². The quantitative estimate of drug-likeness (QED) is 0.153. The fourth-order valence-corrected chi connectivity index (χ4v) is 6.98. The first-order chi connectivity index (χ1) is 22.7. The molecule has 2 aliphatic rings. The molecule has 248 valence electrons. The first-order valence-corrected chi connectivity index (χ1v) is 15.5. The van der Waals surface area contributed by atoms with E-state index < -0.39 is 23.2 Å². The summed E-state index contributed by atoms with van der Waals surface area (Å²) in [5.41, 5.74) is 3.26. The smallest absolute Gasteiger partial charge is 0.344 e. The molecule has 2 atom stereocenters. The molecule has 4 aromatic heterocycles. The first-order valence-electron chi connectivity index (χ1n) is 15.5. The van der Waals surface area contributed by atoms with E-state index in [9.17, 15) is 14.0 Å². The van der Waals surface area contributed by atoms with E-state index in [1.54, 1.807) is 31.6 Å². The molecule has 2 aliphatic heterocycles. The number of likely N-dealkylation sites (tertiary alicyclic amines) is 1. The van der Waals surface area contributed by atoms with Gasteiger partial charge in [0.1, 0.15) is 29.3 Å². The Morgan fingerprint density at radius 2 is 1.94 bits per heavy atom. The van der Waals surface area contributed by atoms with Crippen molar-refractivity contribution in [2.24, 2.45) is 5.92 Å². The topological polar surface area (TPSA) is 95.0 Å². The molecular weight excluding hydrogens is 614 g/mol. The van der Waals surface area contributed by atoms with Gasteiger partial charge in [-0.25, -0.2) is 18.6 Å². The lowest BCUT2D eigenvalue weighted by Gasteiger charge is -2.29. The average molecular weight is 653 g/mol. The molecular formula is C37H38F2N6O3. The van der Waals surface area contributed by atoms with E-state index in [0.717, 1.165) is 37.7 Å². The Kier molecular flexibility index (Phi) is 8.89. The Balaban J connectivity index is 0.00000401. The second-order valence-corrected chi connectivity index (χ2v) is 12.2. The number of pyridine rings is 3. The molecule has 2 fully saturated rings. The molecule has 1 unspecified atom stereocenters. The predicted molar refractivity (Wildman–Crippen MR) is 185 cm³/mol. The molecule has 0 aliphatic carbocycles. The van der Waals surface area contributed by atoms with Crippen LogP contribution in [-0.4, -0.2) is 65.0 Å². The fraction of sp³-hybridized carbons (Fsp3) is 0.270. The highest BCUT2D eigenvalue weighted by molar-refractivity contribution is 6.01. The van der Waals surface area contributed by atoms with Crippen molar-refractivity contribution in [3.05, 3.63) is 118 Å². The zero-order valence-electron chi connectivity index (χ0n) is 26.1. The number of nitrogens with one attached hydrogen (secondary N) is 2. The molecule has 0 bridgehead atoms. The van der Waals surface area contributed by atoms with E-state index in [-0.39, 0.29) is 42.4 Å². The highest BCUT2D eigenvalue weighted by Crippen LogP contribution is 2.44. The fourth-order valence-electron chi connectivity index (χ4n) is 6.98. The molecule has 6 heterocycles. The van der Waals surface area contributed by atoms with Crippen LogP contribution in [0.25, 0.3) is 33.4 Å². The summed E-state index contributed by atoms with van der Waals surface area (Å²) in [5, 5.41) is 3.14. The van der Waals surface area contributed by atoms with Crippen LogP contribution in [0.3, 0.4) is 0 Å². The van der Waals surface area contributed by atoms with Gasteiger partial charge in [-0.15, -0.1) is 0 Å². The van der Waals surface area contributed by atoms with Crippen molar-refractivity contribution < 1.29 is 18.3 Å². The molecule has 48 heavy (non-hydrogen) atoms. The summed E-state index contributed by atoms with van der Waals surface area (Å²) in [6.45, 7) is 5.83. The number of aromatic amines is 1. The monoisotopic (exact) mass is 652 g/mol. The van der Waals surface area contributed by atoms with Gasteiger partial charge in [0, 0.05) is 61.8 Å². The van der Waals surface area contributed by atoms with Crippen LogP contribution in [0.1, 0.15) is 35.5 Å². The number of carbonyl (C=O) groups is 1. The SMILES string of the molecule is C.C=C(F)/C=C(/NC)c1[nH]c2ncc(-c3ccc4ccc(C(=O)OCc5ccccc5)c(=O)n4c3)c(N3CC[C@H]4CN(C)CC43)c2c1F. The van der Waals surface area contributed by atoms with E-state index >= 15 is 4.39 Å². The first kappa shape index (κ1) is 32.6. The maximum Gasteiger partial charge on any atom is 0.344 e. The maximum atomic E-state index is 16.6. The molecule has 7 rings (SSSR count). The van der Waals surface area contributed by atoms with Gasteiger partial charge in [0.25, 0.3) is 5.56 Å². The van der Waals surface area contributed by atoms with Gasteiger partial charge in [-0.2, -0.15) is 0 Å². The van der Waals surface area contributed by atoms with E-state index in [2.05, 4.69) is 38.7 Å². The molecule has 0 amide bonds. The van der Waals surface area contributed by atoms with Crippen molar-refractivity contribution in [2.75, 3.05) is 38.6 Å².